The number of esters is 1. The van der Waals surface area contributed by atoms with Crippen molar-refractivity contribution >= 4 is 46.4 Å². The summed E-state index contributed by atoms with van der Waals surface area (Å²) in [6.07, 6.45) is 3.73. The van der Waals surface area contributed by atoms with Crippen LogP contribution >= 0.6 is 11.6 Å². The molecule has 2 heterocycles. The highest BCUT2D eigenvalue weighted by Crippen LogP contribution is 2.30. The van der Waals surface area contributed by atoms with Gasteiger partial charge in [0.05, 0.1) is 17.6 Å². The van der Waals surface area contributed by atoms with Gasteiger partial charge < -0.3 is 13.7 Å². The van der Waals surface area contributed by atoms with Crippen LogP contribution in [0.4, 0.5) is 5.88 Å². The van der Waals surface area contributed by atoms with Crippen LogP contribution in [-0.2, 0) is 9.53 Å². The van der Waals surface area contributed by atoms with Gasteiger partial charge in [0, 0.05) is 16.7 Å². The minimum absolute atomic E-state index is 0.0355. The Labute approximate surface area is 198 Å². The molecule has 1 amide bonds. The lowest BCUT2D eigenvalue weighted by atomic mass is 10.1. The van der Waals surface area contributed by atoms with E-state index in [9.17, 15) is 14.4 Å². The molecule has 0 saturated carbocycles. The van der Waals surface area contributed by atoms with Gasteiger partial charge in [-0.25, -0.2) is 4.79 Å². The summed E-state index contributed by atoms with van der Waals surface area (Å²) in [5.74, 6) is -1.54. The van der Waals surface area contributed by atoms with Crippen LogP contribution in [0.25, 0.3) is 28.3 Å². The first-order valence-electron chi connectivity index (χ1n) is 10.3. The van der Waals surface area contributed by atoms with E-state index in [-0.39, 0.29) is 34.7 Å². The van der Waals surface area contributed by atoms with Crippen LogP contribution in [0, 0.1) is 6.92 Å². The fourth-order valence-corrected chi connectivity index (χ4v) is 3.39. The number of fused-ring (bicyclic) bond motifs is 1. The van der Waals surface area contributed by atoms with Gasteiger partial charge in [-0.3, -0.25) is 14.9 Å². The Hall–Kier alpha value is -4.17. The summed E-state index contributed by atoms with van der Waals surface area (Å²) in [5, 5.41) is 7.32. The SMILES string of the molecule is CCOC(=O)c1c(-c2ccc(Cl)cc2)noc1NC(=O)/C=C/c1coc2ccc(C)cc2c1=O. The molecular weight excluding hydrogens is 460 g/mol. The number of halogens is 1. The molecule has 0 aliphatic carbocycles. The lowest BCUT2D eigenvalue weighted by molar-refractivity contribution is -0.112. The zero-order valence-corrected chi connectivity index (χ0v) is 19.0. The maximum Gasteiger partial charge on any atom is 0.346 e. The summed E-state index contributed by atoms with van der Waals surface area (Å²) in [5.41, 5.74) is 1.99. The molecule has 0 fully saturated rings. The highest BCUT2D eigenvalue weighted by Gasteiger charge is 2.26. The number of ether oxygens (including phenoxy) is 1. The monoisotopic (exact) mass is 478 g/mol. The first-order valence-corrected chi connectivity index (χ1v) is 10.7. The largest absolute Gasteiger partial charge is 0.463 e. The number of nitrogens with one attached hydrogen (secondary N) is 1. The minimum Gasteiger partial charge on any atom is -0.463 e. The van der Waals surface area contributed by atoms with Crippen molar-refractivity contribution in [1.82, 2.24) is 5.16 Å². The second-order valence-corrected chi connectivity index (χ2v) is 7.74. The second kappa shape index (κ2) is 9.76. The van der Waals surface area contributed by atoms with Crippen LogP contribution in [0.1, 0.15) is 28.4 Å². The van der Waals surface area contributed by atoms with E-state index in [4.69, 9.17) is 25.3 Å². The molecule has 0 saturated heterocycles. The zero-order valence-electron chi connectivity index (χ0n) is 18.3. The van der Waals surface area contributed by atoms with Gasteiger partial charge in [0.25, 0.3) is 5.91 Å². The van der Waals surface area contributed by atoms with Gasteiger partial charge >= 0.3 is 5.97 Å². The molecular formula is C25H19ClN2O6. The van der Waals surface area contributed by atoms with Crippen molar-refractivity contribution in [3.8, 4) is 11.3 Å². The maximum atomic E-state index is 12.7. The first kappa shape index (κ1) is 23.0. The molecule has 0 spiro atoms. The van der Waals surface area contributed by atoms with Crippen molar-refractivity contribution in [3.05, 3.63) is 86.7 Å². The van der Waals surface area contributed by atoms with E-state index in [1.807, 2.05) is 13.0 Å². The maximum absolute atomic E-state index is 12.7. The molecule has 0 aliphatic heterocycles. The van der Waals surface area contributed by atoms with Gasteiger partial charge in [-0.05, 0) is 44.2 Å². The van der Waals surface area contributed by atoms with Gasteiger partial charge in [-0.2, -0.15) is 0 Å². The second-order valence-electron chi connectivity index (χ2n) is 7.31. The summed E-state index contributed by atoms with van der Waals surface area (Å²) in [4.78, 5) is 37.8. The van der Waals surface area contributed by atoms with E-state index in [0.717, 1.165) is 11.6 Å². The highest BCUT2D eigenvalue weighted by atomic mass is 35.5. The van der Waals surface area contributed by atoms with Crippen LogP contribution < -0.4 is 10.7 Å². The van der Waals surface area contributed by atoms with Crippen LogP contribution in [0.3, 0.4) is 0 Å². The number of anilines is 1. The van der Waals surface area contributed by atoms with Gasteiger partial charge in [0.15, 0.2) is 11.0 Å². The number of rotatable bonds is 6. The van der Waals surface area contributed by atoms with Gasteiger partial charge in [0.2, 0.25) is 5.88 Å². The third-order valence-electron chi connectivity index (χ3n) is 4.90. The Morgan fingerprint density at radius 2 is 1.94 bits per heavy atom. The van der Waals surface area contributed by atoms with Gasteiger partial charge in [-0.1, -0.05) is 40.5 Å². The third-order valence-corrected chi connectivity index (χ3v) is 5.15. The molecule has 4 rings (SSSR count). The van der Waals surface area contributed by atoms with E-state index in [0.29, 0.717) is 21.6 Å². The van der Waals surface area contributed by atoms with Crippen molar-refractivity contribution in [2.45, 2.75) is 13.8 Å². The first-order chi connectivity index (χ1) is 16.4. The Bertz CT molecular complexity index is 1470. The van der Waals surface area contributed by atoms with E-state index < -0.39 is 11.9 Å². The molecule has 2 aromatic heterocycles. The average molecular weight is 479 g/mol. The number of hydrogen-bond acceptors (Lipinski definition) is 7. The minimum atomic E-state index is -0.710. The molecule has 9 heteroatoms. The van der Waals surface area contributed by atoms with E-state index in [2.05, 4.69) is 10.5 Å². The molecule has 172 valence electrons. The molecule has 1 N–H and O–H groups in total. The van der Waals surface area contributed by atoms with Crippen molar-refractivity contribution < 1.29 is 23.3 Å². The smallest absolute Gasteiger partial charge is 0.346 e. The summed E-state index contributed by atoms with van der Waals surface area (Å²) < 4.78 is 15.8. The molecule has 0 radical (unpaired) electrons. The Morgan fingerprint density at radius 1 is 1.18 bits per heavy atom. The number of nitrogens with zero attached hydrogens (tertiary/aromatic N) is 1. The number of carbonyl (C=O) groups excluding carboxylic acids is 2. The number of carbonyl (C=O) groups is 2. The van der Waals surface area contributed by atoms with E-state index in [1.54, 1.807) is 43.3 Å². The van der Waals surface area contributed by atoms with Crippen molar-refractivity contribution in [1.29, 1.82) is 0 Å². The lowest BCUT2D eigenvalue weighted by Crippen LogP contribution is -2.13. The van der Waals surface area contributed by atoms with Crippen LogP contribution in [0.5, 0.6) is 0 Å². The summed E-state index contributed by atoms with van der Waals surface area (Å²) in [6, 6.07) is 11.9. The fraction of sp³-hybridized carbons (Fsp3) is 0.120. The molecule has 0 bridgehead atoms. The molecule has 0 unspecified atom stereocenters. The molecule has 4 aromatic rings. The van der Waals surface area contributed by atoms with Crippen molar-refractivity contribution in [2.24, 2.45) is 0 Å². The van der Waals surface area contributed by atoms with Gasteiger partial charge in [0.1, 0.15) is 17.5 Å². The fourth-order valence-electron chi connectivity index (χ4n) is 3.27. The number of benzene rings is 2. The summed E-state index contributed by atoms with van der Waals surface area (Å²) in [7, 11) is 0. The number of aromatic nitrogens is 1. The van der Waals surface area contributed by atoms with Crippen molar-refractivity contribution in [2.75, 3.05) is 11.9 Å². The van der Waals surface area contributed by atoms with E-state index >= 15 is 0 Å². The Kier molecular flexibility index (Phi) is 6.60. The van der Waals surface area contributed by atoms with Crippen LogP contribution in [0.15, 0.2) is 68.5 Å². The number of amides is 1. The third kappa shape index (κ3) is 4.77. The molecule has 34 heavy (non-hydrogen) atoms. The molecule has 2 aromatic carbocycles. The topological polar surface area (TPSA) is 112 Å². The predicted octanol–water partition coefficient (Wildman–Crippen LogP) is 5.24. The van der Waals surface area contributed by atoms with E-state index in [1.165, 1.54) is 12.3 Å². The number of aryl methyl sites for hydroxylation is 1. The highest BCUT2D eigenvalue weighted by molar-refractivity contribution is 6.30. The quantitative estimate of drug-likeness (QED) is 0.298. The standard InChI is InChI=1S/C25H19ClN2O6/c1-3-32-25(31)21-22(15-5-8-17(26)9-6-15)28-34-24(21)27-20(29)11-7-16-13-33-19-10-4-14(2)12-18(19)23(16)30/h4-13H,3H2,1-2H3,(H,27,29)/b11-7+. The summed E-state index contributed by atoms with van der Waals surface area (Å²) >= 11 is 5.93. The average Bonchev–Trinajstić information content (AvgIpc) is 3.23. The number of hydrogen-bond donors (Lipinski definition) is 1. The van der Waals surface area contributed by atoms with Crippen LogP contribution in [0.2, 0.25) is 5.02 Å². The van der Waals surface area contributed by atoms with Crippen LogP contribution in [-0.4, -0.2) is 23.6 Å². The Morgan fingerprint density at radius 3 is 2.68 bits per heavy atom. The molecule has 0 atom stereocenters. The predicted molar refractivity (Wildman–Crippen MR) is 128 cm³/mol. The lowest BCUT2D eigenvalue weighted by Gasteiger charge is -2.04. The molecule has 0 aliphatic rings. The zero-order chi connectivity index (χ0) is 24.2. The summed E-state index contributed by atoms with van der Waals surface area (Å²) in [6.45, 7) is 3.64. The van der Waals surface area contributed by atoms with Gasteiger partial charge in [-0.15, -0.1) is 0 Å². The Balaban J connectivity index is 1.62. The van der Waals surface area contributed by atoms with Crippen molar-refractivity contribution in [3.63, 3.8) is 0 Å². The molecule has 8 nitrogen and oxygen atoms in total. The normalized spacial score (nSPS) is 11.1.